The summed E-state index contributed by atoms with van der Waals surface area (Å²) in [7, 11) is 0. The normalized spacial score (nSPS) is 33.7. The van der Waals surface area contributed by atoms with Gasteiger partial charge in [-0.05, 0) is 24.2 Å². The van der Waals surface area contributed by atoms with Gasteiger partial charge in [0.05, 0.1) is 0 Å². The number of rotatable bonds is 2. The van der Waals surface area contributed by atoms with E-state index in [9.17, 15) is 4.79 Å². The van der Waals surface area contributed by atoms with Crippen molar-refractivity contribution in [1.29, 1.82) is 0 Å². The zero-order valence-electron chi connectivity index (χ0n) is 8.68. The van der Waals surface area contributed by atoms with Crippen LogP contribution in [0.4, 0.5) is 0 Å². The fourth-order valence-corrected chi connectivity index (χ4v) is 2.33. The van der Waals surface area contributed by atoms with Crippen molar-refractivity contribution in [3.63, 3.8) is 0 Å². The van der Waals surface area contributed by atoms with Crippen LogP contribution in [0.1, 0.15) is 47.0 Å². The standard InChI is InChI=1S/C11H20O/c1-5-10(12)9-7-6-8(2)11(9,3)4/h8-9H,5-7H2,1-4H3. The van der Waals surface area contributed by atoms with Crippen LogP contribution in [0.25, 0.3) is 0 Å². The van der Waals surface area contributed by atoms with E-state index in [1.807, 2.05) is 6.92 Å². The average molecular weight is 168 g/mol. The van der Waals surface area contributed by atoms with Crippen molar-refractivity contribution in [3.8, 4) is 0 Å². The summed E-state index contributed by atoms with van der Waals surface area (Å²) in [6.07, 6.45) is 3.05. The Kier molecular flexibility index (Phi) is 2.60. The van der Waals surface area contributed by atoms with E-state index in [2.05, 4.69) is 20.8 Å². The van der Waals surface area contributed by atoms with Gasteiger partial charge in [-0.3, -0.25) is 4.79 Å². The number of Topliss-reactive ketones (excluding diaryl/α,β-unsaturated/α-hetero) is 1. The molecule has 1 nitrogen and oxygen atoms in total. The summed E-state index contributed by atoms with van der Waals surface area (Å²) in [6.45, 7) is 8.72. The van der Waals surface area contributed by atoms with Crippen LogP contribution in [-0.2, 0) is 4.79 Å². The van der Waals surface area contributed by atoms with Gasteiger partial charge in [0.2, 0.25) is 0 Å². The summed E-state index contributed by atoms with van der Waals surface area (Å²) in [4.78, 5) is 11.6. The molecule has 0 radical (unpaired) electrons. The molecule has 1 fully saturated rings. The maximum absolute atomic E-state index is 11.6. The SMILES string of the molecule is CCC(=O)C1CCC(C)C1(C)C. The first-order valence-electron chi connectivity index (χ1n) is 5.02. The molecule has 0 bridgehead atoms. The second-order valence-electron chi connectivity index (χ2n) is 4.67. The Balaban J connectivity index is 2.74. The van der Waals surface area contributed by atoms with Gasteiger partial charge < -0.3 is 0 Å². The van der Waals surface area contributed by atoms with Crippen LogP contribution in [0.3, 0.4) is 0 Å². The van der Waals surface area contributed by atoms with E-state index in [0.717, 1.165) is 6.42 Å². The van der Waals surface area contributed by atoms with Gasteiger partial charge in [-0.2, -0.15) is 0 Å². The quantitative estimate of drug-likeness (QED) is 0.619. The molecule has 0 aromatic rings. The highest BCUT2D eigenvalue weighted by molar-refractivity contribution is 5.81. The molecule has 0 aromatic heterocycles. The van der Waals surface area contributed by atoms with Crippen molar-refractivity contribution in [3.05, 3.63) is 0 Å². The number of carbonyl (C=O) groups is 1. The largest absolute Gasteiger partial charge is 0.299 e. The van der Waals surface area contributed by atoms with Crippen molar-refractivity contribution in [2.45, 2.75) is 47.0 Å². The van der Waals surface area contributed by atoms with E-state index in [1.54, 1.807) is 0 Å². The van der Waals surface area contributed by atoms with Crippen LogP contribution >= 0.6 is 0 Å². The molecule has 12 heavy (non-hydrogen) atoms. The first-order chi connectivity index (χ1) is 5.50. The summed E-state index contributed by atoms with van der Waals surface area (Å²) in [5.74, 6) is 1.50. The molecule has 1 heteroatoms. The summed E-state index contributed by atoms with van der Waals surface area (Å²) >= 11 is 0. The maximum atomic E-state index is 11.6. The second kappa shape index (κ2) is 3.20. The van der Waals surface area contributed by atoms with E-state index < -0.39 is 0 Å². The summed E-state index contributed by atoms with van der Waals surface area (Å²) in [6, 6.07) is 0. The first-order valence-corrected chi connectivity index (χ1v) is 5.02. The van der Waals surface area contributed by atoms with E-state index in [-0.39, 0.29) is 5.41 Å². The van der Waals surface area contributed by atoms with Crippen molar-refractivity contribution >= 4 is 5.78 Å². The van der Waals surface area contributed by atoms with Crippen LogP contribution < -0.4 is 0 Å². The highest BCUT2D eigenvalue weighted by Gasteiger charge is 2.43. The van der Waals surface area contributed by atoms with Gasteiger partial charge in [0.15, 0.2) is 0 Å². The minimum atomic E-state index is 0.243. The highest BCUT2D eigenvalue weighted by Crippen LogP contribution is 2.47. The fourth-order valence-electron chi connectivity index (χ4n) is 2.33. The Morgan fingerprint density at radius 1 is 1.42 bits per heavy atom. The zero-order valence-corrected chi connectivity index (χ0v) is 8.68. The number of hydrogen-bond acceptors (Lipinski definition) is 1. The molecule has 0 saturated heterocycles. The van der Waals surface area contributed by atoms with E-state index >= 15 is 0 Å². The molecule has 0 aliphatic heterocycles. The third-order valence-corrected chi connectivity index (χ3v) is 3.79. The van der Waals surface area contributed by atoms with Crippen molar-refractivity contribution in [2.75, 3.05) is 0 Å². The van der Waals surface area contributed by atoms with Crippen molar-refractivity contribution in [1.82, 2.24) is 0 Å². The lowest BCUT2D eigenvalue weighted by Gasteiger charge is -2.29. The topological polar surface area (TPSA) is 17.1 Å². The van der Waals surface area contributed by atoms with E-state index in [1.165, 1.54) is 6.42 Å². The van der Waals surface area contributed by atoms with Gasteiger partial charge >= 0.3 is 0 Å². The predicted molar refractivity (Wildman–Crippen MR) is 51.0 cm³/mol. The lowest BCUT2D eigenvalue weighted by Crippen LogP contribution is -2.29. The van der Waals surface area contributed by atoms with Crippen molar-refractivity contribution < 1.29 is 4.79 Å². The minimum Gasteiger partial charge on any atom is -0.299 e. The number of ketones is 1. The second-order valence-corrected chi connectivity index (χ2v) is 4.67. The van der Waals surface area contributed by atoms with Crippen LogP contribution in [0, 0.1) is 17.3 Å². The van der Waals surface area contributed by atoms with Gasteiger partial charge in [-0.1, -0.05) is 27.7 Å². The molecule has 0 aromatic carbocycles. The Hall–Kier alpha value is -0.330. The van der Waals surface area contributed by atoms with Crippen molar-refractivity contribution in [2.24, 2.45) is 17.3 Å². The van der Waals surface area contributed by atoms with E-state index in [0.29, 0.717) is 24.0 Å². The minimum absolute atomic E-state index is 0.243. The zero-order chi connectivity index (χ0) is 9.35. The van der Waals surface area contributed by atoms with E-state index in [4.69, 9.17) is 0 Å². The smallest absolute Gasteiger partial charge is 0.136 e. The monoisotopic (exact) mass is 168 g/mol. The predicted octanol–water partition coefficient (Wildman–Crippen LogP) is 3.04. The lowest BCUT2D eigenvalue weighted by molar-refractivity contribution is -0.125. The summed E-state index contributed by atoms with van der Waals surface area (Å²) in [5, 5.41) is 0. The molecule has 1 aliphatic carbocycles. The number of carbonyl (C=O) groups excluding carboxylic acids is 1. The average Bonchev–Trinajstić information content (AvgIpc) is 2.27. The summed E-state index contributed by atoms with van der Waals surface area (Å²) < 4.78 is 0. The van der Waals surface area contributed by atoms with Gasteiger partial charge in [-0.25, -0.2) is 0 Å². The Bertz CT molecular complexity index is 181. The molecule has 2 atom stereocenters. The molecule has 0 amide bonds. The molecule has 70 valence electrons. The molecule has 1 rings (SSSR count). The van der Waals surface area contributed by atoms with Gasteiger partial charge in [-0.15, -0.1) is 0 Å². The Morgan fingerprint density at radius 3 is 2.33 bits per heavy atom. The first kappa shape index (κ1) is 9.76. The van der Waals surface area contributed by atoms with Gasteiger partial charge in [0, 0.05) is 12.3 Å². The molecule has 1 aliphatic rings. The maximum Gasteiger partial charge on any atom is 0.136 e. The molecule has 0 heterocycles. The van der Waals surface area contributed by atoms with Crippen LogP contribution in [0.2, 0.25) is 0 Å². The molecular weight excluding hydrogens is 148 g/mol. The highest BCUT2D eigenvalue weighted by atomic mass is 16.1. The molecular formula is C11H20O. The van der Waals surface area contributed by atoms with Crippen LogP contribution in [0.5, 0.6) is 0 Å². The van der Waals surface area contributed by atoms with Crippen LogP contribution in [-0.4, -0.2) is 5.78 Å². The summed E-state index contributed by atoms with van der Waals surface area (Å²) in [5.41, 5.74) is 0.243. The molecule has 0 spiro atoms. The van der Waals surface area contributed by atoms with Gasteiger partial charge in [0.25, 0.3) is 0 Å². The fraction of sp³-hybridized carbons (Fsp3) is 0.909. The Labute approximate surface area is 75.5 Å². The van der Waals surface area contributed by atoms with Crippen LogP contribution in [0.15, 0.2) is 0 Å². The third kappa shape index (κ3) is 1.41. The lowest BCUT2D eigenvalue weighted by atomic mass is 9.74. The molecule has 0 N–H and O–H groups in total. The number of hydrogen-bond donors (Lipinski definition) is 0. The third-order valence-electron chi connectivity index (χ3n) is 3.79. The molecule has 2 unspecified atom stereocenters. The molecule has 1 saturated carbocycles. The Morgan fingerprint density at radius 2 is 2.00 bits per heavy atom. The van der Waals surface area contributed by atoms with Gasteiger partial charge in [0.1, 0.15) is 5.78 Å².